The number of unbranched alkanes of at least 4 members (excludes halogenated alkanes) is 1. The molecule has 0 saturated carbocycles. The topological polar surface area (TPSA) is 54.0 Å². The maximum atomic E-state index is 11.6. The second-order valence-corrected chi connectivity index (χ2v) is 5.68. The van der Waals surface area contributed by atoms with Crippen molar-refractivity contribution in [2.75, 3.05) is 10.6 Å². The van der Waals surface area contributed by atoms with E-state index in [1.165, 1.54) is 0 Å². The van der Waals surface area contributed by atoms with E-state index < -0.39 is 0 Å². The fourth-order valence-corrected chi connectivity index (χ4v) is 2.17. The molecule has 1 aromatic heterocycles. The fraction of sp³-hybridized carbons (Fsp3) is 0.250. The standard InChI is InChI=1S/C16H17Cl2N3O/c1-2-3-4-16(22)21-15-8-6-12(10-19-15)20-14-9-11(17)5-7-13(14)18/h5-10,20H,2-4H2,1H3,(H,19,21,22). The maximum absolute atomic E-state index is 11.6. The number of nitrogens with zero attached hydrogens (tertiary/aromatic N) is 1. The Bertz CT molecular complexity index is 644. The summed E-state index contributed by atoms with van der Waals surface area (Å²) in [7, 11) is 0. The van der Waals surface area contributed by atoms with E-state index in [0.717, 1.165) is 18.5 Å². The Labute approximate surface area is 139 Å². The number of halogens is 2. The second-order valence-electron chi connectivity index (χ2n) is 4.83. The first kappa shape index (κ1) is 16.6. The van der Waals surface area contributed by atoms with Crippen molar-refractivity contribution in [1.29, 1.82) is 0 Å². The van der Waals surface area contributed by atoms with Crippen LogP contribution in [-0.2, 0) is 4.79 Å². The molecule has 0 fully saturated rings. The molecule has 1 aromatic carbocycles. The van der Waals surface area contributed by atoms with Gasteiger partial charge in [0.05, 0.1) is 22.6 Å². The van der Waals surface area contributed by atoms with Gasteiger partial charge >= 0.3 is 0 Å². The second kappa shape index (κ2) is 8.01. The molecule has 0 aliphatic heterocycles. The van der Waals surface area contributed by atoms with Gasteiger partial charge in [-0.05, 0) is 36.8 Å². The van der Waals surface area contributed by atoms with Gasteiger partial charge in [0.1, 0.15) is 5.82 Å². The highest BCUT2D eigenvalue weighted by atomic mass is 35.5. The Morgan fingerprint density at radius 2 is 2.05 bits per heavy atom. The van der Waals surface area contributed by atoms with Crippen molar-refractivity contribution < 1.29 is 4.79 Å². The molecule has 0 aliphatic carbocycles. The average molecular weight is 338 g/mol. The van der Waals surface area contributed by atoms with E-state index in [1.807, 2.05) is 13.0 Å². The van der Waals surface area contributed by atoms with E-state index in [-0.39, 0.29) is 5.91 Å². The molecule has 2 aromatic rings. The first-order valence-corrected chi connectivity index (χ1v) is 7.82. The summed E-state index contributed by atoms with van der Waals surface area (Å²) in [4.78, 5) is 15.8. The van der Waals surface area contributed by atoms with Gasteiger partial charge < -0.3 is 10.6 Å². The molecule has 22 heavy (non-hydrogen) atoms. The quantitative estimate of drug-likeness (QED) is 0.755. The molecule has 2 rings (SSSR count). The maximum Gasteiger partial charge on any atom is 0.225 e. The van der Waals surface area contributed by atoms with Crippen LogP contribution in [0.2, 0.25) is 10.0 Å². The van der Waals surface area contributed by atoms with Crippen molar-refractivity contribution in [2.45, 2.75) is 26.2 Å². The molecule has 6 heteroatoms. The zero-order valence-electron chi connectivity index (χ0n) is 12.2. The van der Waals surface area contributed by atoms with Crippen molar-refractivity contribution >= 4 is 46.3 Å². The Hall–Kier alpha value is -1.78. The third-order valence-corrected chi connectivity index (χ3v) is 3.56. The molecule has 0 aliphatic rings. The third kappa shape index (κ3) is 4.90. The number of hydrogen-bond acceptors (Lipinski definition) is 3. The van der Waals surface area contributed by atoms with Crippen molar-refractivity contribution in [3.63, 3.8) is 0 Å². The summed E-state index contributed by atoms with van der Waals surface area (Å²) in [6, 6.07) is 8.75. The van der Waals surface area contributed by atoms with Gasteiger partial charge in [0.2, 0.25) is 5.91 Å². The van der Waals surface area contributed by atoms with Gasteiger partial charge in [0.15, 0.2) is 0 Å². The molecule has 1 amide bonds. The van der Waals surface area contributed by atoms with Gasteiger partial charge in [0, 0.05) is 11.4 Å². The zero-order chi connectivity index (χ0) is 15.9. The predicted molar refractivity (Wildman–Crippen MR) is 92.1 cm³/mol. The van der Waals surface area contributed by atoms with Gasteiger partial charge in [0.25, 0.3) is 0 Å². The molecule has 116 valence electrons. The summed E-state index contributed by atoms with van der Waals surface area (Å²) in [5.41, 5.74) is 1.46. The highest BCUT2D eigenvalue weighted by Gasteiger charge is 2.05. The van der Waals surface area contributed by atoms with Crippen LogP contribution in [-0.4, -0.2) is 10.9 Å². The van der Waals surface area contributed by atoms with Gasteiger partial charge in [-0.1, -0.05) is 36.5 Å². The molecular weight excluding hydrogens is 321 g/mol. The van der Waals surface area contributed by atoms with Crippen LogP contribution in [0.3, 0.4) is 0 Å². The minimum absolute atomic E-state index is 0.0204. The number of nitrogens with one attached hydrogen (secondary N) is 2. The third-order valence-electron chi connectivity index (χ3n) is 3.00. The van der Waals surface area contributed by atoms with Crippen LogP contribution < -0.4 is 10.6 Å². The van der Waals surface area contributed by atoms with E-state index in [2.05, 4.69) is 15.6 Å². The van der Waals surface area contributed by atoms with E-state index in [0.29, 0.717) is 28.0 Å². The van der Waals surface area contributed by atoms with Crippen LogP contribution in [0.15, 0.2) is 36.5 Å². The number of carbonyl (C=O) groups excluding carboxylic acids is 1. The van der Waals surface area contributed by atoms with Crippen LogP contribution >= 0.6 is 23.2 Å². The Morgan fingerprint density at radius 3 is 2.73 bits per heavy atom. The van der Waals surface area contributed by atoms with Gasteiger partial charge in [-0.2, -0.15) is 0 Å². The summed E-state index contributed by atoms with van der Waals surface area (Å²) in [5, 5.41) is 7.07. The molecule has 0 spiro atoms. The minimum atomic E-state index is -0.0204. The van der Waals surface area contributed by atoms with E-state index in [4.69, 9.17) is 23.2 Å². The highest BCUT2D eigenvalue weighted by molar-refractivity contribution is 6.35. The number of anilines is 3. The van der Waals surface area contributed by atoms with Gasteiger partial charge in [-0.25, -0.2) is 4.98 Å². The smallest absolute Gasteiger partial charge is 0.225 e. The molecule has 0 radical (unpaired) electrons. The number of amides is 1. The van der Waals surface area contributed by atoms with Crippen LogP contribution in [0.25, 0.3) is 0 Å². The van der Waals surface area contributed by atoms with Crippen LogP contribution in [0.5, 0.6) is 0 Å². The summed E-state index contributed by atoms with van der Waals surface area (Å²) in [6.07, 6.45) is 4.01. The molecule has 0 atom stereocenters. The monoisotopic (exact) mass is 337 g/mol. The van der Waals surface area contributed by atoms with Crippen molar-refractivity contribution in [1.82, 2.24) is 4.98 Å². The molecule has 0 saturated heterocycles. The lowest BCUT2D eigenvalue weighted by Gasteiger charge is -2.09. The van der Waals surface area contributed by atoms with Crippen molar-refractivity contribution in [2.24, 2.45) is 0 Å². The molecule has 1 heterocycles. The number of benzene rings is 1. The molecular formula is C16H17Cl2N3O. The lowest BCUT2D eigenvalue weighted by atomic mass is 10.2. The number of carbonyl (C=O) groups is 1. The number of pyridine rings is 1. The van der Waals surface area contributed by atoms with Crippen LogP contribution in [0.1, 0.15) is 26.2 Å². The fourth-order valence-electron chi connectivity index (χ4n) is 1.83. The lowest BCUT2D eigenvalue weighted by molar-refractivity contribution is -0.116. The van der Waals surface area contributed by atoms with Crippen LogP contribution in [0, 0.1) is 0 Å². The number of rotatable bonds is 6. The van der Waals surface area contributed by atoms with Crippen LogP contribution in [0.4, 0.5) is 17.2 Å². The first-order valence-electron chi connectivity index (χ1n) is 7.06. The van der Waals surface area contributed by atoms with Gasteiger partial charge in [-0.15, -0.1) is 0 Å². The lowest BCUT2D eigenvalue weighted by Crippen LogP contribution is -2.12. The summed E-state index contributed by atoms with van der Waals surface area (Å²) in [5.74, 6) is 0.511. The average Bonchev–Trinajstić information content (AvgIpc) is 2.51. The Balaban J connectivity index is 2.00. The van der Waals surface area contributed by atoms with E-state index >= 15 is 0 Å². The van der Waals surface area contributed by atoms with Crippen molar-refractivity contribution in [3.05, 3.63) is 46.6 Å². The normalized spacial score (nSPS) is 10.3. The Morgan fingerprint density at radius 1 is 1.23 bits per heavy atom. The van der Waals surface area contributed by atoms with E-state index in [1.54, 1.807) is 30.5 Å². The SMILES string of the molecule is CCCCC(=O)Nc1ccc(Nc2cc(Cl)ccc2Cl)cn1. The minimum Gasteiger partial charge on any atom is -0.353 e. The highest BCUT2D eigenvalue weighted by Crippen LogP contribution is 2.28. The van der Waals surface area contributed by atoms with Gasteiger partial charge in [-0.3, -0.25) is 4.79 Å². The molecule has 0 bridgehead atoms. The predicted octanol–water partition coefficient (Wildman–Crippen LogP) is 5.26. The molecule has 2 N–H and O–H groups in total. The largest absolute Gasteiger partial charge is 0.353 e. The molecule has 0 unspecified atom stereocenters. The van der Waals surface area contributed by atoms with E-state index in [9.17, 15) is 4.79 Å². The number of aromatic nitrogens is 1. The summed E-state index contributed by atoms with van der Waals surface area (Å²) >= 11 is 12.0. The molecule has 4 nitrogen and oxygen atoms in total. The Kier molecular flexibility index (Phi) is 6.04. The first-order chi connectivity index (χ1) is 10.6. The number of hydrogen-bond donors (Lipinski definition) is 2. The zero-order valence-corrected chi connectivity index (χ0v) is 13.7. The summed E-state index contributed by atoms with van der Waals surface area (Å²) in [6.45, 7) is 2.05. The summed E-state index contributed by atoms with van der Waals surface area (Å²) < 4.78 is 0. The van der Waals surface area contributed by atoms with Crippen molar-refractivity contribution in [3.8, 4) is 0 Å².